The van der Waals surface area contributed by atoms with Gasteiger partial charge in [-0.15, -0.1) is 0 Å². The number of anilines is 1. The molecule has 0 radical (unpaired) electrons. The standard InChI is InChI=1S/C26H36ClN3O6S/c1-6-8-15-28-26(32)23(7-2)29(17-19-9-12-21(35-3)13-10-19)25(31)18-30(37(5,33)34)20-11-14-24(36-4)22(27)16-20/h9-14,16,23H,6-8,15,17-18H2,1-5H3,(H,28,32). The molecule has 204 valence electrons. The second-order valence-corrected chi connectivity index (χ2v) is 10.8. The van der Waals surface area contributed by atoms with Crippen LogP contribution < -0.4 is 19.1 Å². The largest absolute Gasteiger partial charge is 0.497 e. The summed E-state index contributed by atoms with van der Waals surface area (Å²) in [4.78, 5) is 28.2. The first kappa shape index (κ1) is 30.2. The van der Waals surface area contributed by atoms with E-state index in [-0.39, 0.29) is 23.2 Å². The van der Waals surface area contributed by atoms with Crippen LogP contribution in [0.3, 0.4) is 0 Å². The third-order valence-electron chi connectivity index (χ3n) is 5.83. The van der Waals surface area contributed by atoms with Gasteiger partial charge in [-0.2, -0.15) is 0 Å². The first-order valence-corrected chi connectivity index (χ1v) is 14.3. The molecule has 1 unspecified atom stereocenters. The fraction of sp³-hybridized carbons (Fsp3) is 0.462. The SMILES string of the molecule is CCCCNC(=O)C(CC)N(Cc1ccc(OC)cc1)C(=O)CN(c1ccc(OC)c(Cl)c1)S(C)(=O)=O. The van der Waals surface area contributed by atoms with Gasteiger partial charge in [-0.25, -0.2) is 8.42 Å². The Morgan fingerprint density at radius 2 is 1.73 bits per heavy atom. The Kier molecular flexibility index (Phi) is 11.5. The molecule has 0 aliphatic carbocycles. The molecule has 0 saturated carbocycles. The Morgan fingerprint density at radius 3 is 2.24 bits per heavy atom. The van der Waals surface area contributed by atoms with Gasteiger partial charge >= 0.3 is 0 Å². The molecule has 2 rings (SSSR count). The Morgan fingerprint density at radius 1 is 1.05 bits per heavy atom. The fourth-order valence-corrected chi connectivity index (χ4v) is 4.87. The van der Waals surface area contributed by atoms with E-state index in [4.69, 9.17) is 21.1 Å². The highest BCUT2D eigenvalue weighted by atomic mass is 35.5. The molecular weight excluding hydrogens is 518 g/mol. The minimum Gasteiger partial charge on any atom is -0.497 e. The van der Waals surface area contributed by atoms with Crippen molar-refractivity contribution in [1.82, 2.24) is 10.2 Å². The minimum absolute atomic E-state index is 0.115. The summed E-state index contributed by atoms with van der Waals surface area (Å²) < 4.78 is 36.8. The van der Waals surface area contributed by atoms with E-state index in [9.17, 15) is 18.0 Å². The smallest absolute Gasteiger partial charge is 0.244 e. The topological polar surface area (TPSA) is 105 Å². The monoisotopic (exact) mass is 553 g/mol. The van der Waals surface area contributed by atoms with E-state index in [1.807, 2.05) is 13.8 Å². The zero-order valence-corrected chi connectivity index (χ0v) is 23.6. The average Bonchev–Trinajstić information content (AvgIpc) is 2.86. The van der Waals surface area contributed by atoms with Gasteiger partial charge in [0.05, 0.1) is 31.2 Å². The van der Waals surface area contributed by atoms with Gasteiger partial charge in [0.2, 0.25) is 21.8 Å². The van der Waals surface area contributed by atoms with Crippen LogP contribution in [-0.2, 0) is 26.2 Å². The van der Waals surface area contributed by atoms with Gasteiger partial charge in [-0.1, -0.05) is 44.0 Å². The van der Waals surface area contributed by atoms with E-state index in [1.165, 1.54) is 30.2 Å². The van der Waals surface area contributed by atoms with Gasteiger partial charge in [0.25, 0.3) is 0 Å². The molecule has 2 amide bonds. The third-order valence-corrected chi connectivity index (χ3v) is 7.27. The molecule has 0 aliphatic heterocycles. The highest BCUT2D eigenvalue weighted by Gasteiger charge is 2.31. The number of halogens is 1. The maximum Gasteiger partial charge on any atom is 0.244 e. The van der Waals surface area contributed by atoms with E-state index < -0.39 is 28.5 Å². The van der Waals surface area contributed by atoms with Crippen LogP contribution in [0.15, 0.2) is 42.5 Å². The van der Waals surface area contributed by atoms with Crippen LogP contribution in [0.2, 0.25) is 5.02 Å². The van der Waals surface area contributed by atoms with E-state index in [0.717, 1.165) is 29.0 Å². The molecule has 1 atom stereocenters. The maximum atomic E-state index is 13.7. The van der Waals surface area contributed by atoms with Gasteiger partial charge in [-0.3, -0.25) is 13.9 Å². The number of nitrogens with zero attached hydrogens (tertiary/aromatic N) is 2. The number of hydrogen-bond donors (Lipinski definition) is 1. The van der Waals surface area contributed by atoms with Gasteiger partial charge in [0.1, 0.15) is 24.1 Å². The van der Waals surface area contributed by atoms with E-state index in [0.29, 0.717) is 24.5 Å². The van der Waals surface area contributed by atoms with E-state index in [1.54, 1.807) is 31.4 Å². The van der Waals surface area contributed by atoms with Crippen molar-refractivity contribution in [1.29, 1.82) is 0 Å². The van der Waals surface area contributed by atoms with E-state index >= 15 is 0 Å². The lowest BCUT2D eigenvalue weighted by molar-refractivity contribution is -0.140. The van der Waals surface area contributed by atoms with Gasteiger partial charge < -0.3 is 19.7 Å². The summed E-state index contributed by atoms with van der Waals surface area (Å²) in [7, 11) is -0.856. The van der Waals surface area contributed by atoms with Crippen LogP contribution in [0.5, 0.6) is 11.5 Å². The summed E-state index contributed by atoms with van der Waals surface area (Å²) in [5.74, 6) is 0.230. The van der Waals surface area contributed by atoms with Crippen molar-refractivity contribution in [3.8, 4) is 11.5 Å². The zero-order chi connectivity index (χ0) is 27.6. The molecule has 1 N–H and O–H groups in total. The van der Waals surface area contributed by atoms with Crippen molar-refractivity contribution in [3.63, 3.8) is 0 Å². The van der Waals surface area contributed by atoms with E-state index in [2.05, 4.69) is 5.32 Å². The molecule has 2 aromatic carbocycles. The summed E-state index contributed by atoms with van der Waals surface area (Å²) in [6.45, 7) is 3.94. The van der Waals surface area contributed by atoms with Gasteiger partial charge in [0, 0.05) is 13.1 Å². The molecular formula is C26H36ClN3O6S. The number of unbranched alkanes of at least 4 members (excludes halogenated alkanes) is 1. The summed E-state index contributed by atoms with van der Waals surface area (Å²) in [6.07, 6.45) is 3.10. The summed E-state index contributed by atoms with van der Waals surface area (Å²) in [5.41, 5.74) is 0.985. The average molecular weight is 554 g/mol. The van der Waals surface area contributed by atoms with Gasteiger partial charge in [-0.05, 0) is 48.7 Å². The number of ether oxygens (including phenoxy) is 2. The lowest BCUT2D eigenvalue weighted by Crippen LogP contribution is -2.52. The maximum absolute atomic E-state index is 13.7. The fourth-order valence-electron chi connectivity index (χ4n) is 3.78. The molecule has 37 heavy (non-hydrogen) atoms. The third kappa shape index (κ3) is 8.53. The lowest BCUT2D eigenvalue weighted by Gasteiger charge is -2.33. The highest BCUT2D eigenvalue weighted by Crippen LogP contribution is 2.30. The molecule has 0 aliphatic rings. The Balaban J connectivity index is 2.42. The van der Waals surface area contributed by atoms with Gasteiger partial charge in [0.15, 0.2) is 0 Å². The molecule has 0 aromatic heterocycles. The normalized spacial score (nSPS) is 11.9. The molecule has 11 heteroatoms. The molecule has 0 fully saturated rings. The number of carbonyl (C=O) groups excluding carboxylic acids is 2. The predicted molar refractivity (Wildman–Crippen MR) is 146 cm³/mol. The number of sulfonamides is 1. The molecule has 0 bridgehead atoms. The summed E-state index contributed by atoms with van der Waals surface area (Å²) >= 11 is 6.22. The molecule has 2 aromatic rings. The second-order valence-electron chi connectivity index (χ2n) is 8.53. The molecule has 0 heterocycles. The van der Waals surface area contributed by atoms with Crippen molar-refractivity contribution < 1.29 is 27.5 Å². The highest BCUT2D eigenvalue weighted by molar-refractivity contribution is 7.92. The van der Waals surface area contributed by atoms with Crippen molar-refractivity contribution in [2.45, 2.75) is 45.7 Å². The van der Waals surface area contributed by atoms with Crippen molar-refractivity contribution >= 4 is 39.1 Å². The lowest BCUT2D eigenvalue weighted by atomic mass is 10.1. The van der Waals surface area contributed by atoms with Crippen molar-refractivity contribution in [3.05, 3.63) is 53.1 Å². The first-order valence-electron chi connectivity index (χ1n) is 12.1. The zero-order valence-electron chi connectivity index (χ0n) is 22.0. The number of benzene rings is 2. The van der Waals surface area contributed by atoms with Crippen molar-refractivity contribution in [2.24, 2.45) is 0 Å². The quantitative estimate of drug-likeness (QED) is 0.356. The van der Waals surface area contributed by atoms with Crippen LogP contribution in [0, 0.1) is 0 Å². The molecule has 0 spiro atoms. The number of amides is 2. The number of hydrogen-bond acceptors (Lipinski definition) is 6. The number of methoxy groups -OCH3 is 2. The summed E-state index contributed by atoms with van der Waals surface area (Å²) in [5, 5.41) is 3.10. The van der Waals surface area contributed by atoms with Crippen LogP contribution in [0.25, 0.3) is 0 Å². The molecule has 9 nitrogen and oxygen atoms in total. The predicted octanol–water partition coefficient (Wildman–Crippen LogP) is 3.85. The summed E-state index contributed by atoms with van der Waals surface area (Å²) in [6, 6.07) is 10.8. The second kappa shape index (κ2) is 14.1. The minimum atomic E-state index is -3.87. The first-order chi connectivity index (χ1) is 17.5. The number of carbonyl (C=O) groups is 2. The Labute approximate surface area is 224 Å². The molecule has 0 saturated heterocycles. The van der Waals surface area contributed by atoms with Crippen LogP contribution in [0.1, 0.15) is 38.7 Å². The van der Waals surface area contributed by atoms with Crippen LogP contribution in [0.4, 0.5) is 5.69 Å². The Hall–Kier alpha value is -2.98. The van der Waals surface area contributed by atoms with Crippen LogP contribution in [-0.4, -0.2) is 64.7 Å². The van der Waals surface area contributed by atoms with Crippen molar-refractivity contribution in [2.75, 3.05) is 37.9 Å². The number of nitrogens with one attached hydrogen (secondary N) is 1. The Bertz CT molecular complexity index is 1160. The van der Waals surface area contributed by atoms with Crippen LogP contribution >= 0.6 is 11.6 Å². The number of rotatable bonds is 14.